The van der Waals surface area contributed by atoms with Crippen LogP contribution in [0.25, 0.3) is 0 Å². The third-order valence-corrected chi connectivity index (χ3v) is 5.06. The Balaban J connectivity index is 2.34. The maximum absolute atomic E-state index is 6.23. The molecule has 2 nitrogen and oxygen atoms in total. The minimum Gasteiger partial charge on any atom is -0.271 e. The number of hydrazine groups is 1. The molecule has 0 aromatic heterocycles. The smallest absolute Gasteiger partial charge is 0.0624 e. The molecule has 0 radical (unpaired) electrons. The number of halogens is 4. The van der Waals surface area contributed by atoms with Crippen LogP contribution in [0.15, 0.2) is 45.3 Å². The molecule has 2 rings (SSSR count). The molecule has 0 saturated carbocycles. The first-order chi connectivity index (χ1) is 9.52. The standard InChI is InChI=1S/C14H12Br2Cl2N2/c15-9-4-5-11(16)10(7-9)13(20-19)6-8-2-1-3-12(17)14(8)18/h1-5,7,13,20H,6,19H2. The number of nitrogens with two attached hydrogens (primary N) is 1. The molecule has 6 heteroatoms. The molecular weight excluding hydrogens is 427 g/mol. The van der Waals surface area contributed by atoms with Crippen molar-refractivity contribution in [3.8, 4) is 0 Å². The Kier molecular flexibility index (Phi) is 5.90. The molecule has 0 aliphatic heterocycles. The van der Waals surface area contributed by atoms with E-state index in [4.69, 9.17) is 29.0 Å². The molecule has 2 aromatic carbocycles. The molecule has 0 aliphatic carbocycles. The van der Waals surface area contributed by atoms with E-state index in [1.165, 1.54) is 0 Å². The summed E-state index contributed by atoms with van der Waals surface area (Å²) in [6.45, 7) is 0. The van der Waals surface area contributed by atoms with Crippen LogP contribution in [0.5, 0.6) is 0 Å². The fourth-order valence-corrected chi connectivity index (χ4v) is 3.27. The van der Waals surface area contributed by atoms with Crippen LogP contribution in [0.2, 0.25) is 10.0 Å². The summed E-state index contributed by atoms with van der Waals surface area (Å²) in [6, 6.07) is 11.5. The van der Waals surface area contributed by atoms with Crippen LogP contribution in [0.3, 0.4) is 0 Å². The quantitative estimate of drug-likeness (QED) is 0.504. The predicted octanol–water partition coefficient (Wildman–Crippen LogP) is 5.27. The van der Waals surface area contributed by atoms with Gasteiger partial charge in [0.2, 0.25) is 0 Å². The van der Waals surface area contributed by atoms with Crippen LogP contribution >= 0.6 is 55.1 Å². The summed E-state index contributed by atoms with van der Waals surface area (Å²) in [5.41, 5.74) is 4.84. The molecule has 0 spiro atoms. The first-order valence-corrected chi connectivity index (χ1v) is 8.21. The third-order valence-electron chi connectivity index (χ3n) is 2.99. The average Bonchev–Trinajstić information content (AvgIpc) is 2.43. The van der Waals surface area contributed by atoms with E-state index in [1.54, 1.807) is 6.07 Å². The second-order valence-electron chi connectivity index (χ2n) is 4.30. The van der Waals surface area contributed by atoms with Gasteiger partial charge >= 0.3 is 0 Å². The second kappa shape index (κ2) is 7.25. The van der Waals surface area contributed by atoms with Gasteiger partial charge in [-0.15, -0.1) is 0 Å². The third kappa shape index (κ3) is 3.75. The molecule has 1 atom stereocenters. The van der Waals surface area contributed by atoms with Crippen LogP contribution in [0, 0.1) is 0 Å². The first kappa shape index (κ1) is 16.3. The van der Waals surface area contributed by atoms with Gasteiger partial charge in [0, 0.05) is 8.95 Å². The van der Waals surface area contributed by atoms with Crippen molar-refractivity contribution in [1.82, 2.24) is 5.43 Å². The molecule has 2 aromatic rings. The average molecular weight is 439 g/mol. The zero-order valence-electron chi connectivity index (χ0n) is 10.3. The van der Waals surface area contributed by atoms with Crippen LogP contribution in [-0.2, 0) is 6.42 Å². The van der Waals surface area contributed by atoms with Gasteiger partial charge in [0.25, 0.3) is 0 Å². The summed E-state index contributed by atoms with van der Waals surface area (Å²) in [4.78, 5) is 0. The van der Waals surface area contributed by atoms with Crippen LogP contribution in [0.1, 0.15) is 17.2 Å². The van der Waals surface area contributed by atoms with E-state index in [9.17, 15) is 0 Å². The van der Waals surface area contributed by atoms with E-state index in [2.05, 4.69) is 37.3 Å². The summed E-state index contributed by atoms with van der Waals surface area (Å²) in [7, 11) is 0. The fraction of sp³-hybridized carbons (Fsp3) is 0.143. The van der Waals surface area contributed by atoms with E-state index in [0.717, 1.165) is 20.1 Å². The largest absolute Gasteiger partial charge is 0.271 e. The highest BCUT2D eigenvalue weighted by Gasteiger charge is 2.16. The van der Waals surface area contributed by atoms with Gasteiger partial charge in [-0.05, 0) is 41.8 Å². The Morgan fingerprint density at radius 2 is 1.90 bits per heavy atom. The summed E-state index contributed by atoms with van der Waals surface area (Å²) in [5, 5.41) is 1.12. The summed E-state index contributed by atoms with van der Waals surface area (Å²) < 4.78 is 1.98. The molecule has 0 bridgehead atoms. The van der Waals surface area contributed by atoms with Crippen molar-refractivity contribution in [1.29, 1.82) is 0 Å². The maximum Gasteiger partial charge on any atom is 0.0624 e. The highest BCUT2D eigenvalue weighted by atomic mass is 79.9. The van der Waals surface area contributed by atoms with Gasteiger partial charge in [0.05, 0.1) is 16.1 Å². The van der Waals surface area contributed by atoms with Gasteiger partial charge in [-0.2, -0.15) is 0 Å². The number of nitrogens with one attached hydrogen (secondary N) is 1. The predicted molar refractivity (Wildman–Crippen MR) is 92.1 cm³/mol. The lowest BCUT2D eigenvalue weighted by Crippen LogP contribution is -2.30. The highest BCUT2D eigenvalue weighted by Crippen LogP contribution is 2.32. The lowest BCUT2D eigenvalue weighted by atomic mass is 9.99. The van der Waals surface area contributed by atoms with Crippen molar-refractivity contribution in [2.75, 3.05) is 0 Å². The Morgan fingerprint density at radius 1 is 1.15 bits per heavy atom. The SMILES string of the molecule is NNC(Cc1cccc(Cl)c1Cl)c1cc(Br)ccc1Br. The number of hydrogen-bond donors (Lipinski definition) is 2. The fourth-order valence-electron chi connectivity index (χ4n) is 1.97. The lowest BCUT2D eigenvalue weighted by molar-refractivity contribution is 0.550. The molecule has 0 saturated heterocycles. The van der Waals surface area contributed by atoms with Crippen molar-refractivity contribution in [3.63, 3.8) is 0 Å². The second-order valence-corrected chi connectivity index (χ2v) is 6.86. The molecule has 0 fully saturated rings. The van der Waals surface area contributed by atoms with Crippen molar-refractivity contribution in [2.45, 2.75) is 12.5 Å². The van der Waals surface area contributed by atoms with Gasteiger partial charge in [-0.3, -0.25) is 11.3 Å². The van der Waals surface area contributed by atoms with Gasteiger partial charge < -0.3 is 0 Å². The number of hydrogen-bond acceptors (Lipinski definition) is 2. The Bertz CT molecular complexity index is 620. The molecule has 106 valence electrons. The minimum atomic E-state index is -0.0714. The van der Waals surface area contributed by atoms with E-state index in [0.29, 0.717) is 16.5 Å². The first-order valence-electron chi connectivity index (χ1n) is 5.87. The Morgan fingerprint density at radius 3 is 2.60 bits per heavy atom. The van der Waals surface area contributed by atoms with Crippen LogP contribution in [0.4, 0.5) is 0 Å². The number of rotatable bonds is 4. The van der Waals surface area contributed by atoms with Crippen LogP contribution in [-0.4, -0.2) is 0 Å². The maximum atomic E-state index is 6.23. The Labute approximate surface area is 144 Å². The molecular formula is C14H12Br2Cl2N2. The van der Waals surface area contributed by atoms with E-state index < -0.39 is 0 Å². The van der Waals surface area contributed by atoms with E-state index >= 15 is 0 Å². The van der Waals surface area contributed by atoms with Crippen molar-refractivity contribution in [2.24, 2.45) is 5.84 Å². The van der Waals surface area contributed by atoms with Gasteiger partial charge in [-0.1, -0.05) is 67.2 Å². The molecule has 1 unspecified atom stereocenters. The van der Waals surface area contributed by atoms with E-state index in [-0.39, 0.29) is 6.04 Å². The minimum absolute atomic E-state index is 0.0714. The molecule has 0 aliphatic rings. The normalized spacial score (nSPS) is 12.4. The van der Waals surface area contributed by atoms with Crippen LogP contribution < -0.4 is 11.3 Å². The zero-order chi connectivity index (χ0) is 14.7. The summed E-state index contributed by atoms with van der Waals surface area (Å²) >= 11 is 19.3. The monoisotopic (exact) mass is 436 g/mol. The Hall–Kier alpha value is -0.100. The van der Waals surface area contributed by atoms with E-state index in [1.807, 2.05) is 30.3 Å². The van der Waals surface area contributed by atoms with Crippen molar-refractivity contribution < 1.29 is 0 Å². The van der Waals surface area contributed by atoms with Gasteiger partial charge in [0.1, 0.15) is 0 Å². The topological polar surface area (TPSA) is 38.0 Å². The molecule has 20 heavy (non-hydrogen) atoms. The zero-order valence-corrected chi connectivity index (χ0v) is 15.0. The van der Waals surface area contributed by atoms with Crippen molar-refractivity contribution in [3.05, 3.63) is 66.5 Å². The lowest BCUT2D eigenvalue weighted by Gasteiger charge is -2.19. The highest BCUT2D eigenvalue weighted by molar-refractivity contribution is 9.11. The number of benzene rings is 2. The van der Waals surface area contributed by atoms with Gasteiger partial charge in [0.15, 0.2) is 0 Å². The summed E-state index contributed by atoms with van der Waals surface area (Å²) in [5.74, 6) is 5.70. The van der Waals surface area contributed by atoms with Gasteiger partial charge in [-0.25, -0.2) is 0 Å². The molecule has 0 amide bonds. The molecule has 0 heterocycles. The van der Waals surface area contributed by atoms with Crippen molar-refractivity contribution >= 4 is 55.1 Å². The summed E-state index contributed by atoms with van der Waals surface area (Å²) in [6.07, 6.45) is 0.644. The molecule has 3 N–H and O–H groups in total.